The zero-order valence-corrected chi connectivity index (χ0v) is 13.6. The van der Waals surface area contributed by atoms with E-state index in [2.05, 4.69) is 10.6 Å². The molecule has 1 atom stereocenters. The third kappa shape index (κ3) is 6.58. The molecule has 0 aromatic heterocycles. The van der Waals surface area contributed by atoms with Gasteiger partial charge in [0.1, 0.15) is 11.6 Å². The molecular weight excluding hydrogens is 282 g/mol. The van der Waals surface area contributed by atoms with Gasteiger partial charge in [0.05, 0.1) is 0 Å². The highest BCUT2D eigenvalue weighted by molar-refractivity contribution is 5.85. The van der Waals surface area contributed by atoms with E-state index in [1.54, 1.807) is 27.7 Å². The molecule has 0 aliphatic heterocycles. The molecule has 0 fully saturated rings. The van der Waals surface area contributed by atoms with E-state index in [9.17, 15) is 9.59 Å². The highest BCUT2D eigenvalue weighted by Gasteiger charge is 2.20. The molecule has 122 valence electrons. The number of benzene rings is 1. The fraction of sp³-hybridized carbons (Fsp3) is 0.500. The van der Waals surface area contributed by atoms with Crippen molar-refractivity contribution in [1.82, 2.24) is 10.6 Å². The lowest BCUT2D eigenvalue weighted by Crippen LogP contribution is -2.46. The van der Waals surface area contributed by atoms with Crippen LogP contribution in [0.15, 0.2) is 24.3 Å². The Morgan fingerprint density at radius 1 is 1.27 bits per heavy atom. The largest absolute Gasteiger partial charge is 0.444 e. The summed E-state index contributed by atoms with van der Waals surface area (Å²) in [5, 5.41) is 5.27. The van der Waals surface area contributed by atoms with Gasteiger partial charge < -0.3 is 21.1 Å². The average Bonchev–Trinajstić information content (AvgIpc) is 2.42. The zero-order valence-electron chi connectivity index (χ0n) is 13.6. The number of hydrogen-bond acceptors (Lipinski definition) is 4. The van der Waals surface area contributed by atoms with Crippen LogP contribution in [0.3, 0.4) is 0 Å². The highest BCUT2D eigenvalue weighted by atomic mass is 16.6. The molecule has 1 unspecified atom stereocenters. The molecule has 0 saturated heterocycles. The molecule has 0 heterocycles. The SMILES string of the molecule is CC(NC(=O)OC(C)(C)C)C(=O)NCc1cccc(CN)c1. The molecule has 0 aliphatic rings. The number of nitrogens with two attached hydrogens (primary N) is 1. The molecule has 0 radical (unpaired) electrons. The fourth-order valence-corrected chi connectivity index (χ4v) is 1.76. The highest BCUT2D eigenvalue weighted by Crippen LogP contribution is 2.07. The Labute approximate surface area is 131 Å². The summed E-state index contributed by atoms with van der Waals surface area (Å²) in [4.78, 5) is 23.6. The minimum absolute atomic E-state index is 0.274. The normalized spacial score (nSPS) is 12.4. The smallest absolute Gasteiger partial charge is 0.408 e. The number of carbonyl (C=O) groups is 2. The van der Waals surface area contributed by atoms with E-state index in [0.29, 0.717) is 13.1 Å². The van der Waals surface area contributed by atoms with Crippen LogP contribution in [0.5, 0.6) is 0 Å². The van der Waals surface area contributed by atoms with Crippen LogP contribution < -0.4 is 16.4 Å². The number of hydrogen-bond donors (Lipinski definition) is 3. The van der Waals surface area contributed by atoms with Crippen LogP contribution in [0.25, 0.3) is 0 Å². The lowest BCUT2D eigenvalue weighted by molar-refractivity contribution is -0.122. The maximum absolute atomic E-state index is 12.0. The number of ether oxygens (including phenoxy) is 1. The maximum Gasteiger partial charge on any atom is 0.408 e. The van der Waals surface area contributed by atoms with Crippen molar-refractivity contribution in [3.63, 3.8) is 0 Å². The van der Waals surface area contributed by atoms with Gasteiger partial charge in [0, 0.05) is 13.1 Å². The number of rotatable bonds is 5. The van der Waals surface area contributed by atoms with Crippen LogP contribution in [0.2, 0.25) is 0 Å². The Morgan fingerprint density at radius 3 is 2.50 bits per heavy atom. The zero-order chi connectivity index (χ0) is 16.8. The summed E-state index contributed by atoms with van der Waals surface area (Å²) < 4.78 is 5.11. The van der Waals surface area contributed by atoms with Crippen molar-refractivity contribution in [2.75, 3.05) is 0 Å². The summed E-state index contributed by atoms with van der Waals surface area (Å²) in [6.07, 6.45) is -0.611. The molecule has 1 rings (SSSR count). The van der Waals surface area contributed by atoms with Gasteiger partial charge in [0.25, 0.3) is 0 Å². The Bertz CT molecular complexity index is 524. The Morgan fingerprint density at radius 2 is 1.91 bits per heavy atom. The summed E-state index contributed by atoms with van der Waals surface area (Å²) in [5.41, 5.74) is 6.95. The second-order valence-corrected chi connectivity index (χ2v) is 6.11. The van der Waals surface area contributed by atoms with Crippen molar-refractivity contribution < 1.29 is 14.3 Å². The second-order valence-electron chi connectivity index (χ2n) is 6.11. The van der Waals surface area contributed by atoms with Crippen LogP contribution in [0, 0.1) is 0 Å². The molecule has 0 aliphatic carbocycles. The Balaban J connectivity index is 2.45. The summed E-state index contributed by atoms with van der Waals surface area (Å²) in [6.45, 7) is 7.74. The quantitative estimate of drug-likeness (QED) is 0.771. The standard InChI is InChI=1S/C16H25N3O3/c1-11(19-15(21)22-16(2,3)4)14(20)18-10-13-7-5-6-12(8-13)9-17/h5-8,11H,9-10,17H2,1-4H3,(H,18,20)(H,19,21). The predicted molar refractivity (Wildman–Crippen MR) is 85.0 cm³/mol. The van der Waals surface area contributed by atoms with Crippen molar-refractivity contribution >= 4 is 12.0 Å². The molecule has 22 heavy (non-hydrogen) atoms. The molecule has 0 spiro atoms. The van der Waals surface area contributed by atoms with Gasteiger partial charge in [-0.05, 0) is 38.8 Å². The molecule has 6 heteroatoms. The van der Waals surface area contributed by atoms with Gasteiger partial charge >= 0.3 is 6.09 Å². The van der Waals surface area contributed by atoms with Crippen molar-refractivity contribution in [3.05, 3.63) is 35.4 Å². The van der Waals surface area contributed by atoms with E-state index in [1.165, 1.54) is 0 Å². The number of amides is 2. The maximum atomic E-state index is 12.0. The van der Waals surface area contributed by atoms with Crippen LogP contribution in [-0.4, -0.2) is 23.6 Å². The van der Waals surface area contributed by atoms with Crippen LogP contribution in [0.1, 0.15) is 38.8 Å². The predicted octanol–water partition coefficient (Wildman–Crippen LogP) is 1.67. The van der Waals surface area contributed by atoms with E-state index in [1.807, 2.05) is 24.3 Å². The number of alkyl carbamates (subject to hydrolysis) is 1. The van der Waals surface area contributed by atoms with E-state index < -0.39 is 17.7 Å². The van der Waals surface area contributed by atoms with Crippen molar-refractivity contribution in [3.8, 4) is 0 Å². The number of nitrogens with one attached hydrogen (secondary N) is 2. The molecule has 1 aromatic carbocycles. The van der Waals surface area contributed by atoms with Crippen LogP contribution in [-0.2, 0) is 22.6 Å². The van der Waals surface area contributed by atoms with Gasteiger partial charge in [0.2, 0.25) is 5.91 Å². The van der Waals surface area contributed by atoms with Crippen LogP contribution >= 0.6 is 0 Å². The van der Waals surface area contributed by atoms with Gasteiger partial charge in [-0.3, -0.25) is 4.79 Å². The third-order valence-electron chi connectivity index (χ3n) is 2.82. The van der Waals surface area contributed by atoms with Gasteiger partial charge in [-0.25, -0.2) is 4.79 Å². The molecule has 1 aromatic rings. The molecule has 0 bridgehead atoms. The monoisotopic (exact) mass is 307 g/mol. The third-order valence-corrected chi connectivity index (χ3v) is 2.82. The van der Waals surface area contributed by atoms with Gasteiger partial charge in [-0.15, -0.1) is 0 Å². The molecular formula is C16H25N3O3. The Kier molecular flexibility index (Phi) is 6.37. The first kappa shape index (κ1) is 18.0. The van der Waals surface area contributed by atoms with Gasteiger partial charge in [-0.2, -0.15) is 0 Å². The molecule has 4 N–H and O–H groups in total. The lowest BCUT2D eigenvalue weighted by Gasteiger charge is -2.21. The minimum atomic E-state index is -0.674. The molecule has 0 saturated carbocycles. The van der Waals surface area contributed by atoms with Crippen LogP contribution in [0.4, 0.5) is 4.79 Å². The van der Waals surface area contributed by atoms with Crippen molar-refractivity contribution in [1.29, 1.82) is 0 Å². The van der Waals surface area contributed by atoms with Gasteiger partial charge in [0.15, 0.2) is 0 Å². The first-order valence-electron chi connectivity index (χ1n) is 7.26. The first-order valence-corrected chi connectivity index (χ1v) is 7.26. The van der Waals surface area contributed by atoms with Gasteiger partial charge in [-0.1, -0.05) is 24.3 Å². The Hall–Kier alpha value is -2.08. The lowest BCUT2D eigenvalue weighted by atomic mass is 10.1. The summed E-state index contributed by atoms with van der Waals surface area (Å²) >= 11 is 0. The van der Waals surface area contributed by atoms with Crippen molar-refractivity contribution in [2.24, 2.45) is 5.73 Å². The topological polar surface area (TPSA) is 93.4 Å². The van der Waals surface area contributed by atoms with E-state index >= 15 is 0 Å². The summed E-state index contributed by atoms with van der Waals surface area (Å²) in [7, 11) is 0. The minimum Gasteiger partial charge on any atom is -0.444 e. The first-order chi connectivity index (χ1) is 10.2. The summed E-state index contributed by atoms with van der Waals surface area (Å²) in [6, 6.07) is 6.99. The fourth-order valence-electron chi connectivity index (χ4n) is 1.76. The number of carbonyl (C=O) groups excluding carboxylic acids is 2. The summed E-state index contributed by atoms with van der Waals surface area (Å²) in [5.74, 6) is -0.274. The molecule has 6 nitrogen and oxygen atoms in total. The van der Waals surface area contributed by atoms with E-state index in [-0.39, 0.29) is 5.91 Å². The van der Waals surface area contributed by atoms with Crippen molar-refractivity contribution in [2.45, 2.75) is 52.4 Å². The average molecular weight is 307 g/mol. The molecule has 2 amide bonds. The van der Waals surface area contributed by atoms with E-state index in [0.717, 1.165) is 11.1 Å². The van der Waals surface area contributed by atoms with E-state index in [4.69, 9.17) is 10.5 Å². The second kappa shape index (κ2) is 7.79.